The summed E-state index contributed by atoms with van der Waals surface area (Å²) in [4.78, 5) is 11.4. The van der Waals surface area contributed by atoms with Gasteiger partial charge < -0.3 is 9.47 Å². The van der Waals surface area contributed by atoms with E-state index in [0.29, 0.717) is 23.5 Å². The SMILES string of the molecule is CCC(=O)c1ccc(OC)c(OC)c1. The minimum Gasteiger partial charge on any atom is -0.493 e. The molecular weight excluding hydrogens is 180 g/mol. The number of carbonyl (C=O) groups is 1. The molecule has 1 aromatic carbocycles. The molecule has 0 saturated heterocycles. The lowest BCUT2D eigenvalue weighted by atomic mass is 10.1. The maximum Gasteiger partial charge on any atom is 0.162 e. The Morgan fingerprint density at radius 1 is 1.21 bits per heavy atom. The van der Waals surface area contributed by atoms with Crippen molar-refractivity contribution in [1.82, 2.24) is 0 Å². The van der Waals surface area contributed by atoms with Crippen molar-refractivity contribution in [1.29, 1.82) is 0 Å². The maximum absolute atomic E-state index is 11.4. The third-order valence-electron chi connectivity index (χ3n) is 2.03. The van der Waals surface area contributed by atoms with Crippen LogP contribution in [-0.4, -0.2) is 20.0 Å². The summed E-state index contributed by atoms with van der Waals surface area (Å²) in [5.41, 5.74) is 0.658. The number of ketones is 1. The summed E-state index contributed by atoms with van der Waals surface area (Å²) in [6.45, 7) is 1.83. The minimum absolute atomic E-state index is 0.103. The Balaban J connectivity index is 3.07. The summed E-state index contributed by atoms with van der Waals surface area (Å²) in [5, 5.41) is 0. The van der Waals surface area contributed by atoms with Gasteiger partial charge in [-0.2, -0.15) is 0 Å². The topological polar surface area (TPSA) is 35.5 Å². The van der Waals surface area contributed by atoms with Crippen molar-refractivity contribution in [3.05, 3.63) is 23.8 Å². The predicted molar refractivity (Wildman–Crippen MR) is 54.2 cm³/mol. The van der Waals surface area contributed by atoms with Gasteiger partial charge in [-0.25, -0.2) is 0 Å². The molecule has 1 rings (SSSR count). The molecule has 0 aliphatic rings. The summed E-state index contributed by atoms with van der Waals surface area (Å²) in [6.07, 6.45) is 0.496. The van der Waals surface area contributed by atoms with Crippen LogP contribution in [0.2, 0.25) is 0 Å². The fourth-order valence-corrected chi connectivity index (χ4v) is 1.21. The molecule has 3 heteroatoms. The fraction of sp³-hybridized carbons (Fsp3) is 0.364. The molecule has 0 unspecified atom stereocenters. The van der Waals surface area contributed by atoms with Gasteiger partial charge in [0.15, 0.2) is 17.3 Å². The number of benzene rings is 1. The second-order valence-electron chi connectivity index (χ2n) is 2.85. The van der Waals surface area contributed by atoms with Gasteiger partial charge in [-0.05, 0) is 18.2 Å². The molecule has 76 valence electrons. The van der Waals surface area contributed by atoms with Gasteiger partial charge in [0.25, 0.3) is 0 Å². The van der Waals surface area contributed by atoms with Crippen LogP contribution in [0, 0.1) is 0 Å². The second kappa shape index (κ2) is 4.65. The molecule has 0 heterocycles. The lowest BCUT2D eigenvalue weighted by molar-refractivity contribution is 0.0988. The van der Waals surface area contributed by atoms with Crippen molar-refractivity contribution in [2.75, 3.05) is 14.2 Å². The number of ether oxygens (including phenoxy) is 2. The van der Waals surface area contributed by atoms with E-state index in [4.69, 9.17) is 9.47 Å². The van der Waals surface area contributed by atoms with Crippen LogP contribution in [0.3, 0.4) is 0 Å². The Labute approximate surface area is 83.6 Å². The first-order valence-corrected chi connectivity index (χ1v) is 4.48. The number of hydrogen-bond acceptors (Lipinski definition) is 3. The summed E-state index contributed by atoms with van der Waals surface area (Å²) >= 11 is 0. The molecule has 0 atom stereocenters. The van der Waals surface area contributed by atoms with Gasteiger partial charge in [-0.1, -0.05) is 6.92 Å². The van der Waals surface area contributed by atoms with Crippen molar-refractivity contribution in [2.45, 2.75) is 13.3 Å². The quantitative estimate of drug-likeness (QED) is 0.690. The van der Waals surface area contributed by atoms with Gasteiger partial charge in [0.2, 0.25) is 0 Å². The molecule has 0 bridgehead atoms. The lowest BCUT2D eigenvalue weighted by Crippen LogP contribution is -1.98. The van der Waals surface area contributed by atoms with Crippen molar-refractivity contribution in [3.63, 3.8) is 0 Å². The lowest BCUT2D eigenvalue weighted by Gasteiger charge is -2.08. The van der Waals surface area contributed by atoms with E-state index in [0.717, 1.165) is 0 Å². The molecule has 0 spiro atoms. The van der Waals surface area contributed by atoms with Gasteiger partial charge in [0.1, 0.15) is 0 Å². The highest BCUT2D eigenvalue weighted by Crippen LogP contribution is 2.27. The maximum atomic E-state index is 11.4. The molecular formula is C11H14O3. The number of carbonyl (C=O) groups excluding carboxylic acids is 1. The Morgan fingerprint density at radius 3 is 2.36 bits per heavy atom. The molecule has 0 radical (unpaired) electrons. The standard InChI is InChI=1S/C11H14O3/c1-4-9(12)8-5-6-10(13-2)11(7-8)14-3/h5-7H,4H2,1-3H3. The zero-order chi connectivity index (χ0) is 10.6. The van der Waals surface area contributed by atoms with Crippen LogP contribution >= 0.6 is 0 Å². The van der Waals surface area contributed by atoms with Gasteiger partial charge in [-0.3, -0.25) is 4.79 Å². The molecule has 0 saturated carbocycles. The second-order valence-corrected chi connectivity index (χ2v) is 2.85. The average molecular weight is 194 g/mol. The fourth-order valence-electron chi connectivity index (χ4n) is 1.21. The molecule has 1 aromatic rings. The summed E-state index contributed by atoms with van der Waals surface area (Å²) in [6, 6.07) is 5.18. The molecule has 3 nitrogen and oxygen atoms in total. The Morgan fingerprint density at radius 2 is 1.86 bits per heavy atom. The van der Waals surface area contributed by atoms with Gasteiger partial charge in [-0.15, -0.1) is 0 Å². The van der Waals surface area contributed by atoms with E-state index < -0.39 is 0 Å². The minimum atomic E-state index is 0.103. The Bertz CT molecular complexity index is 331. The van der Waals surface area contributed by atoms with Gasteiger partial charge in [0, 0.05) is 12.0 Å². The average Bonchev–Trinajstić information content (AvgIpc) is 2.26. The predicted octanol–water partition coefficient (Wildman–Crippen LogP) is 2.30. The number of methoxy groups -OCH3 is 2. The highest BCUT2D eigenvalue weighted by Gasteiger charge is 2.08. The van der Waals surface area contributed by atoms with Crippen molar-refractivity contribution >= 4 is 5.78 Å². The van der Waals surface area contributed by atoms with Crippen LogP contribution in [0.5, 0.6) is 11.5 Å². The van der Waals surface area contributed by atoms with E-state index in [-0.39, 0.29) is 5.78 Å². The first-order chi connectivity index (χ1) is 6.72. The Kier molecular flexibility index (Phi) is 3.51. The summed E-state index contributed by atoms with van der Waals surface area (Å²) in [5.74, 6) is 1.33. The Hall–Kier alpha value is -1.51. The number of Topliss-reactive ketones (excluding diaryl/α,β-unsaturated/α-hetero) is 1. The molecule has 0 aliphatic carbocycles. The third kappa shape index (κ3) is 2.05. The van der Waals surface area contributed by atoms with E-state index in [1.54, 1.807) is 32.4 Å². The smallest absolute Gasteiger partial charge is 0.162 e. The van der Waals surface area contributed by atoms with Crippen molar-refractivity contribution < 1.29 is 14.3 Å². The monoisotopic (exact) mass is 194 g/mol. The molecule has 0 fully saturated rings. The normalized spacial score (nSPS) is 9.64. The van der Waals surface area contributed by atoms with Crippen LogP contribution in [0.4, 0.5) is 0 Å². The van der Waals surface area contributed by atoms with E-state index in [2.05, 4.69) is 0 Å². The third-order valence-corrected chi connectivity index (χ3v) is 2.03. The molecule has 0 aliphatic heterocycles. The van der Waals surface area contributed by atoms with E-state index in [9.17, 15) is 4.79 Å². The van der Waals surface area contributed by atoms with Crippen LogP contribution in [0.15, 0.2) is 18.2 Å². The van der Waals surface area contributed by atoms with Crippen LogP contribution < -0.4 is 9.47 Å². The molecule has 0 aromatic heterocycles. The van der Waals surface area contributed by atoms with Crippen LogP contribution in [0.25, 0.3) is 0 Å². The van der Waals surface area contributed by atoms with Crippen molar-refractivity contribution in [3.8, 4) is 11.5 Å². The first kappa shape index (κ1) is 10.6. The van der Waals surface area contributed by atoms with Crippen molar-refractivity contribution in [2.24, 2.45) is 0 Å². The van der Waals surface area contributed by atoms with Crippen LogP contribution in [-0.2, 0) is 0 Å². The molecule has 0 amide bonds. The highest BCUT2D eigenvalue weighted by molar-refractivity contribution is 5.96. The zero-order valence-corrected chi connectivity index (χ0v) is 8.66. The summed E-state index contributed by atoms with van der Waals surface area (Å²) in [7, 11) is 3.12. The van der Waals surface area contributed by atoms with E-state index in [1.807, 2.05) is 6.92 Å². The van der Waals surface area contributed by atoms with Crippen LogP contribution in [0.1, 0.15) is 23.7 Å². The number of rotatable bonds is 4. The first-order valence-electron chi connectivity index (χ1n) is 4.48. The summed E-state index contributed by atoms with van der Waals surface area (Å²) < 4.78 is 10.2. The van der Waals surface area contributed by atoms with Gasteiger partial charge >= 0.3 is 0 Å². The van der Waals surface area contributed by atoms with Gasteiger partial charge in [0.05, 0.1) is 14.2 Å². The zero-order valence-electron chi connectivity index (χ0n) is 8.66. The van der Waals surface area contributed by atoms with E-state index >= 15 is 0 Å². The molecule has 14 heavy (non-hydrogen) atoms. The highest BCUT2D eigenvalue weighted by atomic mass is 16.5. The van der Waals surface area contributed by atoms with E-state index in [1.165, 1.54) is 0 Å². The number of hydrogen-bond donors (Lipinski definition) is 0. The largest absolute Gasteiger partial charge is 0.493 e. The molecule has 0 N–H and O–H groups in total.